The van der Waals surface area contributed by atoms with E-state index in [0.717, 1.165) is 12.3 Å². The van der Waals surface area contributed by atoms with Crippen LogP contribution >= 0.6 is 11.6 Å². The highest BCUT2D eigenvalue weighted by Gasteiger charge is 1.91. The molecule has 0 aliphatic rings. The van der Waals surface area contributed by atoms with Gasteiger partial charge in [0.25, 0.3) is 0 Å². The Morgan fingerprint density at radius 1 is 0.706 bits per heavy atom. The lowest BCUT2D eigenvalue weighted by atomic mass is 10.1. The third-order valence-corrected chi connectivity index (χ3v) is 3.14. The van der Waals surface area contributed by atoms with Gasteiger partial charge in [-0.05, 0) is 25.7 Å². The summed E-state index contributed by atoms with van der Waals surface area (Å²) >= 11 is 5.63. The van der Waals surface area contributed by atoms with Gasteiger partial charge in [0.15, 0.2) is 0 Å². The molecule has 0 aliphatic carbocycles. The maximum atomic E-state index is 5.63. The van der Waals surface area contributed by atoms with Crippen molar-refractivity contribution in [1.82, 2.24) is 0 Å². The van der Waals surface area contributed by atoms with Crippen LogP contribution in [0, 0.1) is 0 Å². The van der Waals surface area contributed by atoms with Gasteiger partial charge in [0.1, 0.15) is 0 Å². The van der Waals surface area contributed by atoms with E-state index in [9.17, 15) is 0 Å². The van der Waals surface area contributed by atoms with E-state index in [1.54, 1.807) is 0 Å². The van der Waals surface area contributed by atoms with Gasteiger partial charge in [-0.3, -0.25) is 0 Å². The highest BCUT2D eigenvalue weighted by Crippen LogP contribution is 2.10. The molecule has 0 saturated heterocycles. The fourth-order valence-electron chi connectivity index (χ4n) is 1.81. The second-order valence-corrected chi connectivity index (χ2v) is 4.95. The summed E-state index contributed by atoms with van der Waals surface area (Å²) in [5.74, 6) is 0.832. The van der Waals surface area contributed by atoms with Crippen LogP contribution in [0.5, 0.6) is 0 Å². The molecule has 1 heteroatoms. The molecule has 0 atom stereocenters. The summed E-state index contributed by atoms with van der Waals surface area (Å²) in [6.07, 6.45) is 22.0. The smallest absolute Gasteiger partial charge is 0.0223 e. The zero-order chi connectivity index (χ0) is 12.6. The second-order valence-electron chi connectivity index (χ2n) is 4.57. The highest BCUT2D eigenvalue weighted by molar-refractivity contribution is 6.17. The number of allylic oxidation sites excluding steroid dienone is 4. The average Bonchev–Trinajstić information content (AvgIpc) is 2.35. The molecule has 0 aromatic carbocycles. The maximum absolute atomic E-state index is 5.63. The zero-order valence-electron chi connectivity index (χ0n) is 11.5. The Bertz CT molecular complexity index is 182. The Morgan fingerprint density at radius 3 is 1.82 bits per heavy atom. The van der Waals surface area contributed by atoms with Crippen molar-refractivity contribution in [2.24, 2.45) is 0 Å². The normalized spacial score (nSPS) is 11.9. The third-order valence-electron chi connectivity index (χ3n) is 2.87. The van der Waals surface area contributed by atoms with Crippen LogP contribution in [0.15, 0.2) is 24.3 Å². The second kappa shape index (κ2) is 15.8. The van der Waals surface area contributed by atoms with Gasteiger partial charge in [0, 0.05) is 5.88 Å². The van der Waals surface area contributed by atoms with E-state index in [2.05, 4.69) is 31.2 Å². The van der Waals surface area contributed by atoms with Gasteiger partial charge >= 0.3 is 0 Å². The molecule has 0 nitrogen and oxygen atoms in total. The van der Waals surface area contributed by atoms with Crippen LogP contribution in [0.4, 0.5) is 0 Å². The molecule has 0 amide bonds. The summed E-state index contributed by atoms with van der Waals surface area (Å²) in [6.45, 7) is 2.16. The third kappa shape index (κ3) is 15.8. The molecule has 0 aromatic heterocycles. The standard InChI is InChI=1S/C16H29Cl/c1-2-3-4-5-6-7-8-9-10-11-12-13-14-15-16-17/h3-6H,2,7-16H2,1H3. The van der Waals surface area contributed by atoms with Gasteiger partial charge in [0.2, 0.25) is 0 Å². The Morgan fingerprint density at radius 2 is 1.24 bits per heavy atom. The molecule has 0 heterocycles. The van der Waals surface area contributed by atoms with Crippen molar-refractivity contribution in [3.63, 3.8) is 0 Å². The number of halogens is 1. The molecule has 0 rings (SSSR count). The molecule has 0 aliphatic heterocycles. The minimum Gasteiger partial charge on any atom is -0.127 e. The topological polar surface area (TPSA) is 0 Å². The molecule has 0 bridgehead atoms. The molecule has 0 radical (unpaired) electrons. The first-order valence-electron chi connectivity index (χ1n) is 7.29. The molecular weight excluding hydrogens is 228 g/mol. The molecule has 0 saturated carbocycles. The SMILES string of the molecule is CCC=CC=CCCCCCCCCCCCl. The van der Waals surface area contributed by atoms with Crippen LogP contribution in [-0.4, -0.2) is 5.88 Å². The quantitative estimate of drug-likeness (QED) is 0.220. The summed E-state index contributed by atoms with van der Waals surface area (Å²) in [5.41, 5.74) is 0. The van der Waals surface area contributed by atoms with Gasteiger partial charge in [-0.25, -0.2) is 0 Å². The monoisotopic (exact) mass is 256 g/mol. The number of hydrogen-bond acceptors (Lipinski definition) is 0. The Labute approximate surface area is 113 Å². The van der Waals surface area contributed by atoms with Crippen molar-refractivity contribution >= 4 is 11.6 Å². The van der Waals surface area contributed by atoms with Crippen molar-refractivity contribution in [2.75, 3.05) is 5.88 Å². The number of unbranched alkanes of at least 4 members (excludes halogenated alkanes) is 8. The molecular formula is C16H29Cl. The lowest BCUT2D eigenvalue weighted by Crippen LogP contribution is -1.81. The van der Waals surface area contributed by atoms with Crippen molar-refractivity contribution in [3.8, 4) is 0 Å². The molecule has 0 spiro atoms. The number of hydrogen-bond donors (Lipinski definition) is 0. The summed E-state index contributed by atoms with van der Waals surface area (Å²) in [4.78, 5) is 0. The lowest BCUT2D eigenvalue weighted by molar-refractivity contribution is 0.578. The molecule has 17 heavy (non-hydrogen) atoms. The molecule has 100 valence electrons. The Balaban J connectivity index is 3.03. The van der Waals surface area contributed by atoms with Gasteiger partial charge in [-0.1, -0.05) is 69.8 Å². The van der Waals surface area contributed by atoms with Crippen molar-refractivity contribution < 1.29 is 0 Å². The first-order chi connectivity index (χ1) is 8.41. The van der Waals surface area contributed by atoms with E-state index in [1.165, 1.54) is 57.8 Å². The van der Waals surface area contributed by atoms with Crippen LogP contribution in [0.3, 0.4) is 0 Å². The number of rotatable bonds is 12. The van der Waals surface area contributed by atoms with E-state index < -0.39 is 0 Å². The first kappa shape index (κ1) is 16.8. The summed E-state index contributed by atoms with van der Waals surface area (Å²) < 4.78 is 0. The van der Waals surface area contributed by atoms with E-state index in [1.807, 2.05) is 0 Å². The fraction of sp³-hybridized carbons (Fsp3) is 0.750. The number of alkyl halides is 1. The highest BCUT2D eigenvalue weighted by atomic mass is 35.5. The van der Waals surface area contributed by atoms with Gasteiger partial charge in [-0.15, -0.1) is 11.6 Å². The van der Waals surface area contributed by atoms with Crippen LogP contribution in [-0.2, 0) is 0 Å². The molecule has 0 fully saturated rings. The zero-order valence-corrected chi connectivity index (χ0v) is 12.2. The summed E-state index contributed by atoms with van der Waals surface area (Å²) in [7, 11) is 0. The van der Waals surface area contributed by atoms with Crippen LogP contribution in [0.1, 0.15) is 71.1 Å². The van der Waals surface area contributed by atoms with Gasteiger partial charge in [0.05, 0.1) is 0 Å². The minimum absolute atomic E-state index is 0.832. The van der Waals surface area contributed by atoms with Crippen molar-refractivity contribution in [3.05, 3.63) is 24.3 Å². The first-order valence-corrected chi connectivity index (χ1v) is 7.83. The fourth-order valence-corrected chi connectivity index (χ4v) is 2.00. The largest absolute Gasteiger partial charge is 0.127 e. The van der Waals surface area contributed by atoms with Crippen molar-refractivity contribution in [1.29, 1.82) is 0 Å². The van der Waals surface area contributed by atoms with Crippen molar-refractivity contribution in [2.45, 2.75) is 71.1 Å². The van der Waals surface area contributed by atoms with Crippen LogP contribution < -0.4 is 0 Å². The van der Waals surface area contributed by atoms with Crippen LogP contribution in [0.25, 0.3) is 0 Å². The van der Waals surface area contributed by atoms with E-state index >= 15 is 0 Å². The summed E-state index contributed by atoms with van der Waals surface area (Å²) in [6, 6.07) is 0. The predicted molar refractivity (Wildman–Crippen MR) is 80.8 cm³/mol. The molecule has 0 unspecified atom stereocenters. The van der Waals surface area contributed by atoms with Gasteiger partial charge in [-0.2, -0.15) is 0 Å². The average molecular weight is 257 g/mol. The maximum Gasteiger partial charge on any atom is 0.0223 e. The molecule has 0 aromatic rings. The predicted octanol–water partition coefficient (Wildman–Crippen LogP) is 6.26. The Kier molecular flexibility index (Phi) is 15.6. The van der Waals surface area contributed by atoms with E-state index in [4.69, 9.17) is 11.6 Å². The molecule has 0 N–H and O–H groups in total. The minimum atomic E-state index is 0.832. The van der Waals surface area contributed by atoms with E-state index in [0.29, 0.717) is 0 Å². The lowest BCUT2D eigenvalue weighted by Gasteiger charge is -2.00. The van der Waals surface area contributed by atoms with E-state index in [-0.39, 0.29) is 0 Å². The van der Waals surface area contributed by atoms with Gasteiger partial charge < -0.3 is 0 Å². The Hall–Kier alpha value is -0.230. The van der Waals surface area contributed by atoms with Crippen LogP contribution in [0.2, 0.25) is 0 Å². The summed E-state index contributed by atoms with van der Waals surface area (Å²) in [5, 5.41) is 0.